The van der Waals surface area contributed by atoms with E-state index in [1.165, 1.54) is 0 Å². The summed E-state index contributed by atoms with van der Waals surface area (Å²) in [4.78, 5) is 0. The van der Waals surface area contributed by atoms with Crippen molar-refractivity contribution in [3.63, 3.8) is 0 Å². The molecule has 2 rings (SSSR count). The topological polar surface area (TPSA) is 41.5 Å². The van der Waals surface area contributed by atoms with E-state index < -0.39 is 0 Å². The number of phenolic OH excluding ortho intramolecular Hbond substituents is 1. The number of anilines is 1. The standard InChI is InChI=1S/C17H21NO2/c1-4-20-17-11-12(2)9-10-15(17)18-13(3)14-7-5-6-8-16(14)19/h5-11,13,18-19H,4H2,1-3H3. The second kappa shape index (κ2) is 6.33. The molecule has 20 heavy (non-hydrogen) atoms. The Kier molecular flexibility index (Phi) is 4.51. The first-order valence-electron chi connectivity index (χ1n) is 6.89. The lowest BCUT2D eigenvalue weighted by molar-refractivity contribution is 0.341. The van der Waals surface area contributed by atoms with Gasteiger partial charge in [-0.05, 0) is 44.5 Å². The molecule has 0 spiro atoms. The summed E-state index contributed by atoms with van der Waals surface area (Å²) < 4.78 is 5.66. The largest absolute Gasteiger partial charge is 0.508 e. The predicted octanol–water partition coefficient (Wildman–Crippen LogP) is 4.27. The monoisotopic (exact) mass is 271 g/mol. The van der Waals surface area contributed by atoms with Crippen LogP contribution in [-0.2, 0) is 0 Å². The SMILES string of the molecule is CCOc1cc(C)ccc1NC(C)c1ccccc1O. The van der Waals surface area contributed by atoms with Gasteiger partial charge in [-0.25, -0.2) is 0 Å². The fourth-order valence-electron chi connectivity index (χ4n) is 2.19. The number of aromatic hydroxyl groups is 1. The van der Waals surface area contributed by atoms with Crippen LogP contribution in [0.2, 0.25) is 0 Å². The summed E-state index contributed by atoms with van der Waals surface area (Å²) in [6.07, 6.45) is 0. The van der Waals surface area contributed by atoms with Gasteiger partial charge in [-0.3, -0.25) is 0 Å². The fraction of sp³-hybridized carbons (Fsp3) is 0.294. The van der Waals surface area contributed by atoms with E-state index in [0.717, 1.165) is 22.6 Å². The van der Waals surface area contributed by atoms with Crippen molar-refractivity contribution in [3.05, 3.63) is 53.6 Å². The first-order valence-corrected chi connectivity index (χ1v) is 6.89. The smallest absolute Gasteiger partial charge is 0.142 e. The van der Waals surface area contributed by atoms with Gasteiger partial charge < -0.3 is 15.2 Å². The minimum atomic E-state index is -0.00175. The van der Waals surface area contributed by atoms with Gasteiger partial charge in [0.2, 0.25) is 0 Å². The third kappa shape index (κ3) is 3.23. The van der Waals surface area contributed by atoms with Gasteiger partial charge >= 0.3 is 0 Å². The highest BCUT2D eigenvalue weighted by molar-refractivity contribution is 5.59. The van der Waals surface area contributed by atoms with Gasteiger partial charge in [-0.2, -0.15) is 0 Å². The number of hydrogen-bond acceptors (Lipinski definition) is 3. The summed E-state index contributed by atoms with van der Waals surface area (Å²) in [5.74, 6) is 1.15. The molecular formula is C17H21NO2. The molecular weight excluding hydrogens is 250 g/mol. The average Bonchev–Trinajstić information content (AvgIpc) is 2.42. The van der Waals surface area contributed by atoms with Crippen LogP contribution < -0.4 is 10.1 Å². The Labute approximate surface area is 120 Å². The van der Waals surface area contributed by atoms with Crippen LogP contribution >= 0.6 is 0 Å². The highest BCUT2D eigenvalue weighted by atomic mass is 16.5. The average molecular weight is 271 g/mol. The van der Waals surface area contributed by atoms with E-state index >= 15 is 0 Å². The summed E-state index contributed by atoms with van der Waals surface area (Å²) in [6.45, 7) is 6.66. The number of hydrogen-bond donors (Lipinski definition) is 2. The van der Waals surface area contributed by atoms with Gasteiger partial charge in [0.15, 0.2) is 0 Å². The summed E-state index contributed by atoms with van der Waals surface area (Å²) >= 11 is 0. The molecule has 1 atom stereocenters. The lowest BCUT2D eigenvalue weighted by Gasteiger charge is -2.19. The molecule has 0 aliphatic rings. The van der Waals surface area contributed by atoms with E-state index in [2.05, 4.69) is 5.32 Å². The van der Waals surface area contributed by atoms with Gasteiger partial charge in [0, 0.05) is 5.56 Å². The van der Waals surface area contributed by atoms with E-state index in [1.54, 1.807) is 6.07 Å². The van der Waals surface area contributed by atoms with Crippen LogP contribution in [0.25, 0.3) is 0 Å². The molecule has 0 saturated carbocycles. The first-order chi connectivity index (χ1) is 9.61. The van der Waals surface area contributed by atoms with Gasteiger partial charge in [0.25, 0.3) is 0 Å². The van der Waals surface area contributed by atoms with Crippen LogP contribution in [0.4, 0.5) is 5.69 Å². The molecule has 106 valence electrons. The first kappa shape index (κ1) is 14.3. The zero-order valence-electron chi connectivity index (χ0n) is 12.2. The maximum atomic E-state index is 9.90. The molecule has 0 fully saturated rings. The summed E-state index contributed by atoms with van der Waals surface area (Å²) in [7, 11) is 0. The molecule has 3 heteroatoms. The van der Waals surface area contributed by atoms with Crippen molar-refractivity contribution in [1.82, 2.24) is 0 Å². The number of aryl methyl sites for hydroxylation is 1. The lowest BCUT2D eigenvalue weighted by Crippen LogP contribution is -2.08. The molecule has 0 heterocycles. The number of ether oxygens (including phenoxy) is 1. The molecule has 0 aliphatic heterocycles. The fourth-order valence-corrected chi connectivity index (χ4v) is 2.19. The van der Waals surface area contributed by atoms with Gasteiger partial charge in [0.1, 0.15) is 11.5 Å². The Bertz CT molecular complexity index is 581. The molecule has 0 saturated heterocycles. The number of nitrogens with one attached hydrogen (secondary N) is 1. The lowest BCUT2D eigenvalue weighted by atomic mass is 10.1. The van der Waals surface area contributed by atoms with Crippen LogP contribution in [0.3, 0.4) is 0 Å². The third-order valence-corrected chi connectivity index (χ3v) is 3.21. The summed E-state index contributed by atoms with van der Waals surface area (Å²) in [6, 6.07) is 13.4. The number of phenols is 1. The minimum Gasteiger partial charge on any atom is -0.508 e. The molecule has 0 bridgehead atoms. The molecule has 2 N–H and O–H groups in total. The Morgan fingerprint density at radius 1 is 1.20 bits per heavy atom. The van der Waals surface area contributed by atoms with Crippen LogP contribution in [-0.4, -0.2) is 11.7 Å². The van der Waals surface area contributed by atoms with Crippen LogP contribution in [0.5, 0.6) is 11.5 Å². The van der Waals surface area contributed by atoms with Crippen molar-refractivity contribution >= 4 is 5.69 Å². The maximum absolute atomic E-state index is 9.90. The summed E-state index contributed by atoms with van der Waals surface area (Å²) in [5, 5.41) is 13.3. The molecule has 0 amide bonds. The normalized spacial score (nSPS) is 11.9. The van der Waals surface area contributed by atoms with E-state index in [-0.39, 0.29) is 6.04 Å². The van der Waals surface area contributed by atoms with E-state index in [4.69, 9.17) is 4.74 Å². The molecule has 1 unspecified atom stereocenters. The van der Waals surface area contributed by atoms with Crippen molar-refractivity contribution in [2.75, 3.05) is 11.9 Å². The maximum Gasteiger partial charge on any atom is 0.142 e. The Morgan fingerprint density at radius 3 is 2.65 bits per heavy atom. The molecule has 0 aliphatic carbocycles. The van der Waals surface area contributed by atoms with E-state index in [1.807, 2.05) is 57.2 Å². The van der Waals surface area contributed by atoms with E-state index in [9.17, 15) is 5.11 Å². The molecule has 3 nitrogen and oxygen atoms in total. The van der Waals surface area contributed by atoms with Crippen molar-refractivity contribution in [1.29, 1.82) is 0 Å². The van der Waals surface area contributed by atoms with Gasteiger partial charge in [-0.15, -0.1) is 0 Å². The number of rotatable bonds is 5. The Balaban J connectivity index is 2.23. The quantitative estimate of drug-likeness (QED) is 0.853. The van der Waals surface area contributed by atoms with Crippen LogP contribution in [0, 0.1) is 6.92 Å². The van der Waals surface area contributed by atoms with Crippen molar-refractivity contribution in [2.24, 2.45) is 0 Å². The van der Waals surface area contributed by atoms with Crippen LogP contribution in [0.1, 0.15) is 31.0 Å². The van der Waals surface area contributed by atoms with Crippen LogP contribution in [0.15, 0.2) is 42.5 Å². The predicted molar refractivity (Wildman–Crippen MR) is 82.5 cm³/mol. The third-order valence-electron chi connectivity index (χ3n) is 3.21. The molecule has 0 radical (unpaired) electrons. The number of benzene rings is 2. The summed E-state index contributed by atoms with van der Waals surface area (Å²) in [5.41, 5.74) is 2.97. The van der Waals surface area contributed by atoms with Gasteiger partial charge in [0.05, 0.1) is 18.3 Å². The van der Waals surface area contributed by atoms with Crippen molar-refractivity contribution in [2.45, 2.75) is 26.8 Å². The molecule has 2 aromatic rings. The molecule has 2 aromatic carbocycles. The second-order valence-corrected chi connectivity index (χ2v) is 4.86. The van der Waals surface area contributed by atoms with E-state index in [0.29, 0.717) is 12.4 Å². The second-order valence-electron chi connectivity index (χ2n) is 4.86. The van der Waals surface area contributed by atoms with Crippen molar-refractivity contribution < 1.29 is 9.84 Å². The molecule has 0 aromatic heterocycles. The highest BCUT2D eigenvalue weighted by Gasteiger charge is 2.12. The van der Waals surface area contributed by atoms with Crippen molar-refractivity contribution in [3.8, 4) is 11.5 Å². The Morgan fingerprint density at radius 2 is 1.95 bits per heavy atom. The van der Waals surface area contributed by atoms with Gasteiger partial charge in [-0.1, -0.05) is 24.3 Å². The highest BCUT2D eigenvalue weighted by Crippen LogP contribution is 2.31. The Hall–Kier alpha value is -2.16. The zero-order valence-corrected chi connectivity index (χ0v) is 12.2. The minimum absolute atomic E-state index is 0.00175. The zero-order chi connectivity index (χ0) is 14.5. The number of para-hydroxylation sites is 1.